The molecular weight excluding hydrogens is 560 g/mol. The van der Waals surface area contributed by atoms with Crippen molar-refractivity contribution < 1.29 is 43.0 Å². The predicted octanol–water partition coefficient (Wildman–Crippen LogP) is -0.371. The van der Waals surface area contributed by atoms with E-state index in [1.807, 2.05) is 17.1 Å². The molecule has 1 N–H and O–H groups in total. The highest BCUT2D eigenvalue weighted by molar-refractivity contribution is 6.27. The first kappa shape index (κ1) is 26.4. The van der Waals surface area contributed by atoms with Gasteiger partial charge in [-0.3, -0.25) is 48.4 Å². The molecule has 6 amide bonds. The molecule has 0 saturated carbocycles. The molecule has 0 radical (unpaired) electrons. The number of carbonyl (C=O) groups is 6. The average molecular weight is 589 g/mol. The molecule has 0 aromatic carbocycles. The second kappa shape index (κ2) is 9.40. The molecule has 2 aromatic rings. The maximum absolute atomic E-state index is 13.2. The highest BCUT2D eigenvalue weighted by Crippen LogP contribution is 2.45. The van der Waals surface area contributed by atoms with Crippen LogP contribution in [0.3, 0.4) is 0 Å². The zero-order chi connectivity index (χ0) is 29.7. The first-order chi connectivity index (χ1) is 20.7. The third-order valence-corrected chi connectivity index (χ3v) is 9.85. The van der Waals surface area contributed by atoms with Gasteiger partial charge in [0.05, 0.1) is 53.1 Å². The van der Waals surface area contributed by atoms with E-state index in [-0.39, 0.29) is 68.1 Å². The SMILES string of the molecule is O=C1c2c(c3ccc2o3)C(=O)N1CCN(CCN1C(=O)C2CC=CC(O)C2C1=O)CCN1C(=O)C2C3C=CC(O3)C2C1=O. The van der Waals surface area contributed by atoms with E-state index in [9.17, 15) is 33.9 Å². The Bertz CT molecular complexity index is 1560. The van der Waals surface area contributed by atoms with E-state index in [0.29, 0.717) is 17.6 Å². The Morgan fingerprint density at radius 3 is 1.77 bits per heavy atom. The maximum atomic E-state index is 13.2. The van der Waals surface area contributed by atoms with Crippen LogP contribution in [0.4, 0.5) is 0 Å². The summed E-state index contributed by atoms with van der Waals surface area (Å²) in [6.45, 7) is 0.693. The first-order valence-corrected chi connectivity index (χ1v) is 14.6. The Kier molecular flexibility index (Phi) is 5.78. The number of benzene rings is 1. The van der Waals surface area contributed by atoms with Crippen LogP contribution < -0.4 is 0 Å². The zero-order valence-electron chi connectivity index (χ0n) is 23.0. The number of aliphatic hydroxyl groups excluding tert-OH is 1. The number of hydrogen-bond acceptors (Lipinski definition) is 10. The van der Waals surface area contributed by atoms with Crippen molar-refractivity contribution in [1.82, 2.24) is 19.6 Å². The fraction of sp³-hybridized carbons (Fsp3) is 0.467. The molecule has 43 heavy (non-hydrogen) atoms. The van der Waals surface area contributed by atoms with Crippen molar-refractivity contribution >= 4 is 46.6 Å². The number of amides is 6. The van der Waals surface area contributed by atoms with Gasteiger partial charge in [-0.15, -0.1) is 0 Å². The van der Waals surface area contributed by atoms with E-state index in [0.717, 1.165) is 9.80 Å². The van der Waals surface area contributed by atoms with Gasteiger partial charge in [-0.2, -0.15) is 0 Å². The summed E-state index contributed by atoms with van der Waals surface area (Å²) < 4.78 is 11.2. The number of imide groups is 3. The van der Waals surface area contributed by atoms with Gasteiger partial charge in [0.2, 0.25) is 23.6 Å². The lowest BCUT2D eigenvalue weighted by Crippen LogP contribution is -2.46. The van der Waals surface area contributed by atoms with Crippen LogP contribution in [0.15, 0.2) is 40.9 Å². The quantitative estimate of drug-likeness (QED) is 0.303. The molecule has 1 aliphatic carbocycles. The summed E-state index contributed by atoms with van der Waals surface area (Å²) in [5.74, 6) is -4.75. The standard InChI is InChI=1S/C30H28N4O9/c35-15-3-1-2-14-20(15)26(37)32(25(14)36)11-8-31(9-12-33-27(38)21-16-4-5-17(42-16)22(21)28(33)39)10-13-34-29(40)23-18-6-7-19(43-18)24(23)30(34)41/h1,3-7,14-17,20-22,35H,2,8-13H2. The number of hydrogen-bond donors (Lipinski definition) is 1. The summed E-state index contributed by atoms with van der Waals surface area (Å²) in [6.07, 6.45) is 5.42. The molecule has 5 aliphatic heterocycles. The molecule has 222 valence electrons. The second-order valence-corrected chi connectivity index (χ2v) is 12.0. The fourth-order valence-corrected chi connectivity index (χ4v) is 7.64. The van der Waals surface area contributed by atoms with Gasteiger partial charge in [-0.05, 0) is 18.6 Å². The van der Waals surface area contributed by atoms with Crippen LogP contribution in [0.5, 0.6) is 0 Å². The molecule has 2 aromatic heterocycles. The van der Waals surface area contributed by atoms with E-state index in [1.54, 1.807) is 18.2 Å². The monoisotopic (exact) mass is 588 g/mol. The van der Waals surface area contributed by atoms with Gasteiger partial charge in [-0.1, -0.05) is 24.3 Å². The van der Waals surface area contributed by atoms with Crippen molar-refractivity contribution in [3.8, 4) is 0 Å². The summed E-state index contributed by atoms with van der Waals surface area (Å²) in [5.41, 5.74) is 1.22. The Balaban J connectivity index is 0.974. The van der Waals surface area contributed by atoms with Crippen LogP contribution in [-0.4, -0.2) is 118 Å². The predicted molar refractivity (Wildman–Crippen MR) is 144 cm³/mol. The van der Waals surface area contributed by atoms with E-state index >= 15 is 0 Å². The van der Waals surface area contributed by atoms with Gasteiger partial charge in [0.1, 0.15) is 11.2 Å². The molecule has 3 fully saturated rings. The Hall–Kier alpha value is -4.20. The third kappa shape index (κ3) is 3.68. The van der Waals surface area contributed by atoms with Gasteiger partial charge in [0.15, 0.2) is 0 Å². The number of rotatable bonds is 9. The Morgan fingerprint density at radius 1 is 0.698 bits per heavy atom. The molecule has 4 bridgehead atoms. The van der Waals surface area contributed by atoms with E-state index < -0.39 is 59.7 Å². The lowest BCUT2D eigenvalue weighted by molar-refractivity contribution is -0.143. The van der Waals surface area contributed by atoms with Gasteiger partial charge >= 0.3 is 0 Å². The van der Waals surface area contributed by atoms with Crippen molar-refractivity contribution in [1.29, 1.82) is 0 Å². The molecule has 13 heteroatoms. The largest absolute Gasteiger partial charge is 0.456 e. The molecule has 7 heterocycles. The molecular formula is C30H28N4O9. The van der Waals surface area contributed by atoms with Crippen molar-refractivity contribution in [2.45, 2.75) is 24.7 Å². The lowest BCUT2D eigenvalue weighted by Gasteiger charge is -2.28. The average Bonchev–Trinajstić information content (AvgIpc) is 3.85. The minimum atomic E-state index is -1.03. The highest BCUT2D eigenvalue weighted by Gasteiger charge is 2.60. The minimum Gasteiger partial charge on any atom is -0.456 e. The van der Waals surface area contributed by atoms with Crippen LogP contribution in [0.1, 0.15) is 27.1 Å². The van der Waals surface area contributed by atoms with Crippen LogP contribution in [-0.2, 0) is 23.9 Å². The summed E-state index contributed by atoms with van der Waals surface area (Å²) in [7, 11) is 0. The first-order valence-electron chi connectivity index (χ1n) is 14.6. The van der Waals surface area contributed by atoms with Crippen LogP contribution in [0.25, 0.3) is 11.2 Å². The van der Waals surface area contributed by atoms with Crippen molar-refractivity contribution in [3.63, 3.8) is 0 Å². The molecule has 13 nitrogen and oxygen atoms in total. The van der Waals surface area contributed by atoms with Crippen LogP contribution in [0, 0.1) is 23.7 Å². The van der Waals surface area contributed by atoms with Gasteiger partial charge in [0, 0.05) is 39.3 Å². The summed E-state index contributed by atoms with van der Waals surface area (Å²) in [5, 5.41) is 10.3. The molecule has 8 rings (SSSR count). The number of furan rings is 2. The highest BCUT2D eigenvalue weighted by atomic mass is 16.5. The number of likely N-dealkylation sites (tertiary alicyclic amines) is 2. The lowest BCUT2D eigenvalue weighted by atomic mass is 9.83. The van der Waals surface area contributed by atoms with Gasteiger partial charge < -0.3 is 14.3 Å². The minimum absolute atomic E-state index is 0.0239. The normalized spacial score (nSPS) is 32.6. The van der Waals surface area contributed by atoms with E-state index in [1.165, 1.54) is 11.0 Å². The number of carbonyl (C=O) groups excluding carboxylic acids is 6. The molecule has 7 unspecified atom stereocenters. The molecule has 6 aliphatic rings. The van der Waals surface area contributed by atoms with Crippen molar-refractivity contribution in [3.05, 3.63) is 47.6 Å². The number of ether oxygens (including phenoxy) is 1. The van der Waals surface area contributed by atoms with Crippen molar-refractivity contribution in [2.24, 2.45) is 23.7 Å². The Labute approximate surface area is 244 Å². The number of aliphatic hydroxyl groups is 1. The fourth-order valence-electron chi connectivity index (χ4n) is 7.64. The van der Waals surface area contributed by atoms with Gasteiger partial charge in [-0.25, -0.2) is 0 Å². The third-order valence-electron chi connectivity index (χ3n) is 9.85. The number of fused-ring (bicyclic) bond motifs is 11. The summed E-state index contributed by atoms with van der Waals surface area (Å²) in [6, 6.07) is 3.30. The Morgan fingerprint density at radius 2 is 1.21 bits per heavy atom. The van der Waals surface area contributed by atoms with E-state index in [2.05, 4.69) is 0 Å². The van der Waals surface area contributed by atoms with Crippen LogP contribution >= 0.6 is 0 Å². The number of nitrogens with zero attached hydrogens (tertiary/aromatic N) is 4. The topological polar surface area (TPSA) is 158 Å². The smallest absolute Gasteiger partial charge is 0.265 e. The maximum Gasteiger partial charge on any atom is 0.265 e. The molecule has 0 spiro atoms. The zero-order valence-corrected chi connectivity index (χ0v) is 23.0. The van der Waals surface area contributed by atoms with E-state index in [4.69, 9.17) is 9.15 Å². The molecule has 7 atom stereocenters. The second-order valence-electron chi connectivity index (χ2n) is 12.0. The summed E-state index contributed by atoms with van der Waals surface area (Å²) in [4.78, 5) is 84.1. The summed E-state index contributed by atoms with van der Waals surface area (Å²) >= 11 is 0. The van der Waals surface area contributed by atoms with Crippen molar-refractivity contribution in [2.75, 3.05) is 39.3 Å². The van der Waals surface area contributed by atoms with Gasteiger partial charge in [0.25, 0.3) is 11.8 Å². The molecule has 3 saturated heterocycles. The number of allylic oxidation sites excluding steroid dienone is 1. The van der Waals surface area contributed by atoms with Crippen LogP contribution in [0.2, 0.25) is 0 Å².